The van der Waals surface area contributed by atoms with Crippen molar-refractivity contribution < 1.29 is 4.79 Å². The molecule has 0 saturated carbocycles. The Balaban J connectivity index is 2.27. The first-order chi connectivity index (χ1) is 8.58. The lowest BCUT2D eigenvalue weighted by molar-refractivity contribution is -0.129. The molecular formula is C12H15N5O. The quantitative estimate of drug-likeness (QED) is 0.859. The highest BCUT2D eigenvalue weighted by atomic mass is 16.2. The van der Waals surface area contributed by atoms with Crippen LogP contribution in [-0.2, 0) is 11.3 Å². The fourth-order valence-corrected chi connectivity index (χ4v) is 1.53. The lowest BCUT2D eigenvalue weighted by Gasteiger charge is -2.12. The van der Waals surface area contributed by atoms with Crippen LogP contribution in [0.5, 0.6) is 0 Å². The van der Waals surface area contributed by atoms with Crippen molar-refractivity contribution in [2.75, 3.05) is 19.8 Å². The smallest absolute Gasteiger partial charge is 0.242 e. The van der Waals surface area contributed by atoms with Crippen molar-refractivity contribution in [2.24, 2.45) is 0 Å². The van der Waals surface area contributed by atoms with Gasteiger partial charge in [-0.05, 0) is 12.1 Å². The molecule has 2 aromatic rings. The zero-order valence-electron chi connectivity index (χ0n) is 10.4. The van der Waals surface area contributed by atoms with Gasteiger partial charge in [0.1, 0.15) is 12.4 Å². The van der Waals surface area contributed by atoms with E-state index in [9.17, 15) is 4.79 Å². The molecule has 0 atom stereocenters. The maximum atomic E-state index is 11.7. The normalized spacial score (nSPS) is 10.3. The largest absolute Gasteiger partial charge is 0.384 e. The molecule has 2 aromatic heterocycles. The van der Waals surface area contributed by atoms with Gasteiger partial charge in [-0.3, -0.25) is 4.79 Å². The number of carbonyl (C=O) groups is 1. The third-order valence-corrected chi connectivity index (χ3v) is 2.60. The molecule has 6 heteroatoms. The highest BCUT2D eigenvalue weighted by molar-refractivity contribution is 5.76. The van der Waals surface area contributed by atoms with Gasteiger partial charge in [0, 0.05) is 25.9 Å². The van der Waals surface area contributed by atoms with Gasteiger partial charge in [-0.15, -0.1) is 0 Å². The van der Waals surface area contributed by atoms with E-state index in [4.69, 9.17) is 5.73 Å². The Morgan fingerprint density at radius 3 is 2.78 bits per heavy atom. The minimum atomic E-state index is 0.0117. The van der Waals surface area contributed by atoms with Crippen molar-refractivity contribution in [3.63, 3.8) is 0 Å². The molecule has 1 amide bonds. The average Bonchev–Trinajstić information content (AvgIpc) is 2.78. The molecule has 94 valence electrons. The molecule has 2 rings (SSSR count). The molecule has 0 aliphatic rings. The first-order valence-corrected chi connectivity index (χ1v) is 5.50. The van der Waals surface area contributed by atoms with Crippen molar-refractivity contribution >= 4 is 11.7 Å². The van der Waals surface area contributed by atoms with Crippen LogP contribution in [0.25, 0.3) is 11.3 Å². The van der Waals surface area contributed by atoms with Crippen molar-refractivity contribution in [1.29, 1.82) is 0 Å². The molecule has 6 nitrogen and oxygen atoms in total. The Bertz CT molecular complexity index is 544. The molecule has 0 unspecified atom stereocenters. The number of hydrogen-bond acceptors (Lipinski definition) is 4. The first-order valence-electron chi connectivity index (χ1n) is 5.50. The summed E-state index contributed by atoms with van der Waals surface area (Å²) in [6.45, 7) is 0.257. The van der Waals surface area contributed by atoms with Gasteiger partial charge in [0.2, 0.25) is 5.91 Å². The minimum absolute atomic E-state index is 0.0117. The number of pyridine rings is 1. The number of aromatic nitrogens is 3. The fourth-order valence-electron chi connectivity index (χ4n) is 1.53. The number of amides is 1. The summed E-state index contributed by atoms with van der Waals surface area (Å²) in [5.74, 6) is 0.479. The lowest BCUT2D eigenvalue weighted by Crippen LogP contribution is -2.26. The predicted octanol–water partition coefficient (Wildman–Crippen LogP) is 0.615. The Labute approximate surface area is 105 Å². The van der Waals surface area contributed by atoms with Crippen LogP contribution < -0.4 is 5.73 Å². The molecule has 0 aromatic carbocycles. The number of nitrogen functional groups attached to an aromatic ring is 1. The zero-order valence-corrected chi connectivity index (χ0v) is 10.4. The van der Waals surface area contributed by atoms with Crippen molar-refractivity contribution in [2.45, 2.75) is 6.54 Å². The van der Waals surface area contributed by atoms with Crippen LogP contribution in [0.3, 0.4) is 0 Å². The van der Waals surface area contributed by atoms with E-state index in [1.54, 1.807) is 48.3 Å². The lowest BCUT2D eigenvalue weighted by atomic mass is 10.2. The monoisotopic (exact) mass is 245 g/mol. The van der Waals surface area contributed by atoms with Crippen molar-refractivity contribution in [3.05, 3.63) is 30.9 Å². The molecule has 0 saturated heterocycles. The number of anilines is 1. The van der Waals surface area contributed by atoms with E-state index in [2.05, 4.69) is 9.97 Å². The summed E-state index contributed by atoms with van der Waals surface area (Å²) >= 11 is 0. The van der Waals surface area contributed by atoms with E-state index < -0.39 is 0 Å². The van der Waals surface area contributed by atoms with Gasteiger partial charge in [0.05, 0.1) is 18.2 Å². The summed E-state index contributed by atoms with van der Waals surface area (Å²) in [6.07, 6.45) is 5.01. The van der Waals surface area contributed by atoms with Crippen molar-refractivity contribution in [3.8, 4) is 11.3 Å². The number of hydrogen-bond donors (Lipinski definition) is 1. The second-order valence-corrected chi connectivity index (χ2v) is 4.17. The van der Waals surface area contributed by atoms with Gasteiger partial charge in [-0.1, -0.05) is 0 Å². The van der Waals surface area contributed by atoms with Crippen LogP contribution in [0, 0.1) is 0 Å². The van der Waals surface area contributed by atoms with E-state index in [1.807, 2.05) is 6.07 Å². The summed E-state index contributed by atoms with van der Waals surface area (Å²) in [7, 11) is 3.45. The van der Waals surface area contributed by atoms with E-state index >= 15 is 0 Å². The molecule has 0 aliphatic heterocycles. The Hall–Kier alpha value is -2.37. The molecule has 0 radical (unpaired) electrons. The average molecular weight is 245 g/mol. The first kappa shape index (κ1) is 12.1. The number of carbonyl (C=O) groups excluding carboxylic acids is 1. The summed E-state index contributed by atoms with van der Waals surface area (Å²) in [4.78, 5) is 21.3. The van der Waals surface area contributed by atoms with Gasteiger partial charge >= 0.3 is 0 Å². The Morgan fingerprint density at radius 2 is 2.17 bits per heavy atom. The molecule has 0 bridgehead atoms. The molecule has 0 fully saturated rings. The maximum Gasteiger partial charge on any atom is 0.242 e. The zero-order chi connectivity index (χ0) is 13.1. The molecule has 18 heavy (non-hydrogen) atoms. The van der Waals surface area contributed by atoms with Gasteiger partial charge in [-0.25, -0.2) is 9.97 Å². The Morgan fingerprint density at radius 1 is 1.39 bits per heavy atom. The standard InChI is InChI=1S/C12H15N5O/c1-16(2)12(18)7-17-8-14-6-10(17)9-3-4-11(13)15-5-9/h3-6,8H,7H2,1-2H3,(H2,13,15). The van der Waals surface area contributed by atoms with Crippen LogP contribution in [0.1, 0.15) is 0 Å². The third kappa shape index (κ3) is 2.48. The number of rotatable bonds is 3. The van der Waals surface area contributed by atoms with E-state index in [0.717, 1.165) is 11.3 Å². The van der Waals surface area contributed by atoms with Crippen LogP contribution in [0.4, 0.5) is 5.82 Å². The third-order valence-electron chi connectivity index (χ3n) is 2.60. The molecule has 2 heterocycles. The second-order valence-electron chi connectivity index (χ2n) is 4.17. The summed E-state index contributed by atoms with van der Waals surface area (Å²) in [5, 5.41) is 0. The number of imidazole rings is 1. The maximum absolute atomic E-state index is 11.7. The highest BCUT2D eigenvalue weighted by Gasteiger charge is 2.10. The van der Waals surface area contributed by atoms with Crippen LogP contribution in [0.2, 0.25) is 0 Å². The Kier molecular flexibility index (Phi) is 3.27. The van der Waals surface area contributed by atoms with E-state index in [1.165, 1.54) is 0 Å². The topological polar surface area (TPSA) is 77.0 Å². The van der Waals surface area contributed by atoms with Gasteiger partial charge in [0.25, 0.3) is 0 Å². The summed E-state index contributed by atoms with van der Waals surface area (Å²) in [6, 6.07) is 3.58. The molecule has 0 spiro atoms. The summed E-state index contributed by atoms with van der Waals surface area (Å²) in [5.41, 5.74) is 7.27. The molecule has 2 N–H and O–H groups in total. The number of nitrogens with zero attached hydrogens (tertiary/aromatic N) is 4. The fraction of sp³-hybridized carbons (Fsp3) is 0.250. The number of likely N-dealkylation sites (N-methyl/N-ethyl adjacent to an activating group) is 1. The number of nitrogens with two attached hydrogens (primary N) is 1. The highest BCUT2D eigenvalue weighted by Crippen LogP contribution is 2.18. The SMILES string of the molecule is CN(C)C(=O)Cn1cncc1-c1ccc(N)nc1. The van der Waals surface area contributed by atoms with Crippen LogP contribution in [-0.4, -0.2) is 39.4 Å². The molecular weight excluding hydrogens is 230 g/mol. The van der Waals surface area contributed by atoms with E-state index in [0.29, 0.717) is 5.82 Å². The van der Waals surface area contributed by atoms with Gasteiger partial charge in [-0.2, -0.15) is 0 Å². The van der Waals surface area contributed by atoms with Gasteiger partial charge in [0.15, 0.2) is 0 Å². The van der Waals surface area contributed by atoms with Crippen LogP contribution in [0.15, 0.2) is 30.9 Å². The van der Waals surface area contributed by atoms with Crippen molar-refractivity contribution in [1.82, 2.24) is 19.4 Å². The van der Waals surface area contributed by atoms with E-state index in [-0.39, 0.29) is 12.5 Å². The molecule has 0 aliphatic carbocycles. The van der Waals surface area contributed by atoms with Gasteiger partial charge < -0.3 is 15.2 Å². The predicted molar refractivity (Wildman–Crippen MR) is 68.6 cm³/mol. The summed E-state index contributed by atoms with van der Waals surface area (Å²) < 4.78 is 1.79. The van der Waals surface area contributed by atoms with Crippen LogP contribution >= 0.6 is 0 Å². The second kappa shape index (κ2) is 4.87. The minimum Gasteiger partial charge on any atom is -0.384 e.